The highest BCUT2D eigenvalue weighted by Crippen LogP contribution is 2.33. The lowest BCUT2D eigenvalue weighted by molar-refractivity contribution is 0.0712. The van der Waals surface area contributed by atoms with Gasteiger partial charge in [0.05, 0.1) is 0 Å². The van der Waals surface area contributed by atoms with E-state index in [-0.39, 0.29) is 5.91 Å². The highest BCUT2D eigenvalue weighted by Gasteiger charge is 2.26. The van der Waals surface area contributed by atoms with Crippen LogP contribution in [0, 0.1) is 0 Å². The Morgan fingerprint density at radius 3 is 2.65 bits per heavy atom. The van der Waals surface area contributed by atoms with Crippen LogP contribution >= 0.6 is 0 Å². The number of hydrogen-bond acceptors (Lipinski definition) is 3. The maximum Gasteiger partial charge on any atom is 0.254 e. The number of carbonyl (C=O) groups excluding carboxylic acids is 1. The van der Waals surface area contributed by atoms with Crippen molar-refractivity contribution >= 4 is 16.8 Å². The van der Waals surface area contributed by atoms with E-state index >= 15 is 0 Å². The number of piperidine rings is 1. The lowest BCUT2D eigenvalue weighted by Crippen LogP contribution is -2.37. The van der Waals surface area contributed by atoms with Crippen LogP contribution in [-0.4, -0.2) is 33.9 Å². The van der Waals surface area contributed by atoms with Gasteiger partial charge in [0.25, 0.3) is 5.91 Å². The molecule has 0 spiro atoms. The van der Waals surface area contributed by atoms with Gasteiger partial charge >= 0.3 is 0 Å². The number of H-pyrrole nitrogens is 1. The Balaban J connectivity index is 1.22. The summed E-state index contributed by atoms with van der Waals surface area (Å²) in [6, 6.07) is 21.9. The molecule has 0 aliphatic carbocycles. The van der Waals surface area contributed by atoms with Crippen molar-refractivity contribution in [2.24, 2.45) is 0 Å². The molecule has 2 aromatic carbocycles. The van der Waals surface area contributed by atoms with Gasteiger partial charge in [-0.3, -0.25) is 4.79 Å². The lowest BCUT2D eigenvalue weighted by Gasteiger charge is -2.32. The quantitative estimate of drug-likeness (QED) is 0.493. The number of fused-ring (bicyclic) bond motifs is 1. The van der Waals surface area contributed by atoms with Crippen LogP contribution in [0.1, 0.15) is 40.2 Å². The fourth-order valence-corrected chi connectivity index (χ4v) is 4.36. The Morgan fingerprint density at radius 1 is 1.03 bits per heavy atom. The Labute approximate surface area is 181 Å². The van der Waals surface area contributed by atoms with Crippen molar-refractivity contribution in [3.63, 3.8) is 0 Å². The SMILES string of the molecule is O=C(c1ccnc(OCc2ccccc2)c1)N1CCC(c2c[nH]c3ccccc23)CC1. The molecule has 0 radical (unpaired) electrons. The minimum atomic E-state index is 0.0457. The lowest BCUT2D eigenvalue weighted by atomic mass is 9.89. The van der Waals surface area contributed by atoms with Gasteiger partial charge in [-0.25, -0.2) is 4.98 Å². The van der Waals surface area contributed by atoms with E-state index in [0.29, 0.717) is 24.0 Å². The van der Waals surface area contributed by atoms with Crippen molar-refractivity contribution in [2.45, 2.75) is 25.4 Å². The molecule has 4 aromatic rings. The molecule has 156 valence electrons. The molecule has 1 amide bonds. The number of para-hydroxylation sites is 1. The fourth-order valence-electron chi connectivity index (χ4n) is 4.36. The van der Waals surface area contributed by atoms with E-state index in [1.807, 2.05) is 35.2 Å². The summed E-state index contributed by atoms with van der Waals surface area (Å²) in [4.78, 5) is 22.6. The zero-order valence-corrected chi connectivity index (χ0v) is 17.3. The second-order valence-electron chi connectivity index (χ2n) is 8.01. The number of pyridine rings is 1. The molecule has 0 atom stereocenters. The molecule has 2 aromatic heterocycles. The van der Waals surface area contributed by atoms with Crippen LogP contribution in [-0.2, 0) is 6.61 Å². The Kier molecular flexibility index (Phi) is 5.40. The van der Waals surface area contributed by atoms with Gasteiger partial charge in [-0.05, 0) is 42.0 Å². The van der Waals surface area contributed by atoms with Gasteiger partial charge in [0.15, 0.2) is 0 Å². The first-order valence-electron chi connectivity index (χ1n) is 10.8. The number of nitrogens with one attached hydrogen (secondary N) is 1. The van der Waals surface area contributed by atoms with E-state index in [4.69, 9.17) is 4.74 Å². The summed E-state index contributed by atoms with van der Waals surface area (Å²) < 4.78 is 5.79. The second-order valence-corrected chi connectivity index (χ2v) is 8.01. The summed E-state index contributed by atoms with van der Waals surface area (Å²) >= 11 is 0. The maximum atomic E-state index is 13.1. The highest BCUT2D eigenvalue weighted by molar-refractivity contribution is 5.94. The van der Waals surface area contributed by atoms with Crippen molar-refractivity contribution in [1.82, 2.24) is 14.9 Å². The molecule has 0 saturated carbocycles. The molecule has 31 heavy (non-hydrogen) atoms. The predicted molar refractivity (Wildman–Crippen MR) is 121 cm³/mol. The summed E-state index contributed by atoms with van der Waals surface area (Å²) in [5.74, 6) is 0.995. The van der Waals surface area contributed by atoms with Crippen molar-refractivity contribution < 1.29 is 9.53 Å². The molecule has 1 aliphatic heterocycles. The van der Waals surface area contributed by atoms with Crippen molar-refractivity contribution in [3.8, 4) is 5.88 Å². The topological polar surface area (TPSA) is 58.2 Å². The van der Waals surface area contributed by atoms with Crippen molar-refractivity contribution in [2.75, 3.05) is 13.1 Å². The average Bonchev–Trinajstić information content (AvgIpc) is 3.27. The predicted octanol–water partition coefficient (Wildman–Crippen LogP) is 5.16. The van der Waals surface area contributed by atoms with E-state index in [1.54, 1.807) is 18.3 Å². The third-order valence-corrected chi connectivity index (χ3v) is 6.05. The van der Waals surface area contributed by atoms with Crippen molar-refractivity contribution in [1.29, 1.82) is 0 Å². The van der Waals surface area contributed by atoms with Gasteiger partial charge < -0.3 is 14.6 Å². The molecule has 1 N–H and O–H groups in total. The number of nitrogens with zero attached hydrogens (tertiary/aromatic N) is 2. The number of aromatic nitrogens is 2. The number of hydrogen-bond donors (Lipinski definition) is 1. The highest BCUT2D eigenvalue weighted by atomic mass is 16.5. The van der Waals surface area contributed by atoms with Crippen LogP contribution < -0.4 is 4.74 Å². The minimum absolute atomic E-state index is 0.0457. The fraction of sp³-hybridized carbons (Fsp3) is 0.231. The molecule has 0 unspecified atom stereocenters. The third kappa shape index (κ3) is 4.17. The zero-order valence-electron chi connectivity index (χ0n) is 17.3. The number of ether oxygens (including phenoxy) is 1. The molecule has 5 heteroatoms. The molecule has 1 saturated heterocycles. The first-order chi connectivity index (χ1) is 15.3. The van der Waals surface area contributed by atoms with E-state index < -0.39 is 0 Å². The number of amides is 1. The van der Waals surface area contributed by atoms with Crippen LogP contribution in [0.4, 0.5) is 0 Å². The molecule has 0 bridgehead atoms. The van der Waals surface area contributed by atoms with Crippen LogP contribution in [0.5, 0.6) is 5.88 Å². The van der Waals surface area contributed by atoms with Crippen LogP contribution in [0.25, 0.3) is 10.9 Å². The largest absolute Gasteiger partial charge is 0.473 e. The summed E-state index contributed by atoms with van der Waals surface area (Å²) in [5, 5.41) is 1.29. The number of rotatable bonds is 5. The van der Waals surface area contributed by atoms with Gasteiger partial charge in [-0.1, -0.05) is 48.5 Å². The first kappa shape index (κ1) is 19.4. The molecular formula is C26H25N3O2. The van der Waals surface area contributed by atoms with Gasteiger partial charge in [-0.15, -0.1) is 0 Å². The molecule has 5 nitrogen and oxygen atoms in total. The first-order valence-corrected chi connectivity index (χ1v) is 10.8. The van der Waals surface area contributed by atoms with Crippen molar-refractivity contribution in [3.05, 3.63) is 95.8 Å². The maximum absolute atomic E-state index is 13.1. The van der Waals surface area contributed by atoms with Gasteiger partial charge in [0.1, 0.15) is 6.61 Å². The van der Waals surface area contributed by atoms with E-state index in [0.717, 1.165) is 31.5 Å². The molecule has 1 fully saturated rings. The zero-order chi connectivity index (χ0) is 21.0. The number of aromatic amines is 1. The minimum Gasteiger partial charge on any atom is -0.473 e. The monoisotopic (exact) mass is 411 g/mol. The molecule has 3 heterocycles. The van der Waals surface area contributed by atoms with Crippen LogP contribution in [0.2, 0.25) is 0 Å². The number of carbonyl (C=O) groups is 1. The summed E-state index contributed by atoms with van der Waals surface area (Å²) in [6.45, 7) is 1.94. The average molecular weight is 412 g/mol. The van der Waals surface area contributed by atoms with E-state index in [9.17, 15) is 4.79 Å². The summed E-state index contributed by atoms with van der Waals surface area (Å²) in [6.07, 6.45) is 5.71. The van der Waals surface area contributed by atoms with Gasteiger partial charge in [0, 0.05) is 48.0 Å². The standard InChI is InChI=1S/C26H25N3O2/c30-26(21-10-13-27-25(16-21)31-18-19-6-2-1-3-7-19)29-14-11-20(12-15-29)23-17-28-24-9-5-4-8-22(23)24/h1-10,13,16-17,20,28H,11-12,14-15,18H2. The number of benzene rings is 2. The van der Waals surface area contributed by atoms with Crippen LogP contribution in [0.15, 0.2) is 79.1 Å². The summed E-state index contributed by atoms with van der Waals surface area (Å²) in [7, 11) is 0. The second kappa shape index (κ2) is 8.64. The Morgan fingerprint density at radius 2 is 1.81 bits per heavy atom. The third-order valence-electron chi connectivity index (χ3n) is 6.05. The normalized spacial score (nSPS) is 14.6. The van der Waals surface area contributed by atoms with Gasteiger partial charge in [-0.2, -0.15) is 0 Å². The molecule has 1 aliphatic rings. The number of likely N-dealkylation sites (tertiary alicyclic amines) is 1. The molecule has 5 rings (SSSR count). The smallest absolute Gasteiger partial charge is 0.254 e. The molecular weight excluding hydrogens is 386 g/mol. The van der Waals surface area contributed by atoms with E-state index in [1.165, 1.54) is 16.5 Å². The summed E-state index contributed by atoms with van der Waals surface area (Å²) in [5.41, 5.74) is 4.24. The Hall–Kier alpha value is -3.60. The Bertz CT molecular complexity index is 1180. The van der Waals surface area contributed by atoms with E-state index in [2.05, 4.69) is 40.4 Å². The van der Waals surface area contributed by atoms with Crippen LogP contribution in [0.3, 0.4) is 0 Å². The van der Waals surface area contributed by atoms with Gasteiger partial charge in [0.2, 0.25) is 5.88 Å².